The van der Waals surface area contributed by atoms with Gasteiger partial charge in [-0.2, -0.15) is 4.98 Å². The quantitative estimate of drug-likeness (QED) is 0.635. The number of oxazole rings is 1. The number of nitrogens with one attached hydrogen (secondary N) is 1. The number of nitrogens with two attached hydrogens (primary N) is 1. The number of anilines is 1. The molecule has 7 heteroatoms. The fraction of sp³-hybridized carbons (Fsp3) is 0.375. The van der Waals surface area contributed by atoms with Crippen molar-refractivity contribution >= 4 is 17.9 Å². The van der Waals surface area contributed by atoms with Crippen LogP contribution in [0, 0.1) is 0 Å². The minimum atomic E-state index is -1.17. The van der Waals surface area contributed by atoms with Gasteiger partial charge >= 0.3 is 5.97 Å². The Labute approximate surface area is 85.3 Å². The maximum atomic E-state index is 10.6. The van der Waals surface area contributed by atoms with Crippen molar-refractivity contribution in [3.05, 3.63) is 12.0 Å². The van der Waals surface area contributed by atoms with Gasteiger partial charge in [0, 0.05) is 12.5 Å². The van der Waals surface area contributed by atoms with Crippen molar-refractivity contribution in [3.63, 3.8) is 0 Å². The Kier molecular flexibility index (Phi) is 3.27. The van der Waals surface area contributed by atoms with E-state index in [9.17, 15) is 9.59 Å². The van der Waals surface area contributed by atoms with Crippen LogP contribution < -0.4 is 11.1 Å². The van der Waals surface area contributed by atoms with Gasteiger partial charge in [0.05, 0.1) is 0 Å². The first-order valence-corrected chi connectivity index (χ1v) is 4.22. The number of carbonyl (C=O) groups excluding carboxylic acids is 1. The Bertz CT molecular complexity index is 374. The Balaban J connectivity index is 2.57. The molecular formula is C8H11N3O4. The maximum Gasteiger partial charge on any atom is 0.357 e. The highest BCUT2D eigenvalue weighted by molar-refractivity contribution is 5.85. The van der Waals surface area contributed by atoms with E-state index in [0.717, 1.165) is 6.26 Å². The predicted molar refractivity (Wildman–Crippen MR) is 50.4 cm³/mol. The molecule has 7 nitrogen and oxygen atoms in total. The summed E-state index contributed by atoms with van der Waals surface area (Å²) in [5.41, 5.74) is 4.79. The molecule has 1 aromatic heterocycles. The number of carboxylic acid groups (broad SMARTS) is 1. The van der Waals surface area contributed by atoms with E-state index in [1.807, 2.05) is 0 Å². The molecule has 0 saturated heterocycles. The summed E-state index contributed by atoms with van der Waals surface area (Å²) < 4.78 is 4.82. The van der Waals surface area contributed by atoms with Crippen molar-refractivity contribution in [2.75, 3.05) is 5.32 Å². The first-order chi connectivity index (χ1) is 6.99. The molecule has 0 fully saturated rings. The molecule has 15 heavy (non-hydrogen) atoms. The second-order valence-electron chi connectivity index (χ2n) is 3.06. The summed E-state index contributed by atoms with van der Waals surface area (Å²) in [6.45, 7) is 1.70. The number of primary amides is 1. The highest BCUT2D eigenvalue weighted by Crippen LogP contribution is 2.09. The van der Waals surface area contributed by atoms with Gasteiger partial charge in [-0.3, -0.25) is 4.79 Å². The molecule has 82 valence electrons. The average Bonchev–Trinajstić information content (AvgIpc) is 2.50. The number of amides is 1. The number of aromatic nitrogens is 1. The molecule has 0 spiro atoms. The predicted octanol–water partition coefficient (Wildman–Crippen LogP) is 0.0486. The van der Waals surface area contributed by atoms with E-state index in [0.29, 0.717) is 0 Å². The molecule has 1 rings (SSSR count). The third-order valence-corrected chi connectivity index (χ3v) is 1.60. The van der Waals surface area contributed by atoms with Gasteiger partial charge < -0.3 is 20.6 Å². The molecule has 1 atom stereocenters. The first-order valence-electron chi connectivity index (χ1n) is 4.22. The van der Waals surface area contributed by atoms with Crippen molar-refractivity contribution in [1.82, 2.24) is 4.98 Å². The highest BCUT2D eigenvalue weighted by atomic mass is 16.4. The van der Waals surface area contributed by atoms with Crippen LogP contribution in [0.2, 0.25) is 0 Å². The fourth-order valence-corrected chi connectivity index (χ4v) is 1.00. The van der Waals surface area contributed by atoms with E-state index in [1.165, 1.54) is 0 Å². The molecule has 0 aliphatic rings. The van der Waals surface area contributed by atoms with Crippen LogP contribution in [0.5, 0.6) is 0 Å². The molecule has 1 aromatic rings. The normalized spacial score (nSPS) is 12.1. The summed E-state index contributed by atoms with van der Waals surface area (Å²) in [5, 5.41) is 11.3. The zero-order valence-corrected chi connectivity index (χ0v) is 8.06. The number of aromatic carboxylic acids is 1. The largest absolute Gasteiger partial charge is 0.476 e. The van der Waals surface area contributed by atoms with Crippen molar-refractivity contribution in [1.29, 1.82) is 0 Å². The van der Waals surface area contributed by atoms with Crippen LogP contribution in [0.15, 0.2) is 10.7 Å². The number of hydrogen-bond acceptors (Lipinski definition) is 5. The minimum absolute atomic E-state index is 0.0566. The lowest BCUT2D eigenvalue weighted by Gasteiger charge is -2.08. The van der Waals surface area contributed by atoms with Crippen molar-refractivity contribution in [3.8, 4) is 0 Å². The molecule has 0 aliphatic carbocycles. The summed E-state index contributed by atoms with van der Waals surface area (Å²) >= 11 is 0. The zero-order chi connectivity index (χ0) is 11.4. The summed E-state index contributed by atoms with van der Waals surface area (Å²) in [7, 11) is 0. The Hall–Kier alpha value is -2.05. The molecule has 0 saturated carbocycles. The van der Waals surface area contributed by atoms with Gasteiger partial charge in [-0.05, 0) is 6.92 Å². The molecule has 4 N–H and O–H groups in total. The van der Waals surface area contributed by atoms with Crippen molar-refractivity contribution in [2.24, 2.45) is 5.73 Å². The first kappa shape index (κ1) is 11.0. The SMILES string of the molecule is CC(CC(N)=O)Nc1nc(C(=O)O)co1. The van der Waals surface area contributed by atoms with Gasteiger partial charge in [0.25, 0.3) is 6.01 Å². The van der Waals surface area contributed by atoms with Crippen LogP contribution in [0.4, 0.5) is 6.01 Å². The Morgan fingerprint density at radius 3 is 2.87 bits per heavy atom. The van der Waals surface area contributed by atoms with E-state index in [-0.39, 0.29) is 24.2 Å². The number of rotatable bonds is 5. The minimum Gasteiger partial charge on any atom is -0.476 e. The molecule has 1 unspecified atom stereocenters. The molecule has 0 aromatic carbocycles. The lowest BCUT2D eigenvalue weighted by molar-refractivity contribution is -0.118. The molecule has 0 bridgehead atoms. The Morgan fingerprint density at radius 2 is 2.40 bits per heavy atom. The summed E-state index contributed by atoms with van der Waals surface area (Å²) in [6, 6.07) is -0.205. The average molecular weight is 213 g/mol. The Morgan fingerprint density at radius 1 is 1.73 bits per heavy atom. The molecule has 0 radical (unpaired) electrons. The number of carbonyl (C=O) groups is 2. The summed E-state index contributed by atoms with van der Waals surface area (Å²) in [5.74, 6) is -1.63. The monoisotopic (exact) mass is 213 g/mol. The molecule has 0 aliphatic heterocycles. The number of nitrogens with zero attached hydrogens (tertiary/aromatic N) is 1. The van der Waals surface area contributed by atoms with Crippen LogP contribution in [-0.4, -0.2) is 28.0 Å². The van der Waals surface area contributed by atoms with E-state index >= 15 is 0 Å². The lowest BCUT2D eigenvalue weighted by atomic mass is 10.2. The van der Waals surface area contributed by atoms with Crippen LogP contribution in [0.3, 0.4) is 0 Å². The van der Waals surface area contributed by atoms with E-state index in [1.54, 1.807) is 6.92 Å². The van der Waals surface area contributed by atoms with Crippen LogP contribution in [0.25, 0.3) is 0 Å². The van der Waals surface area contributed by atoms with Gasteiger partial charge in [0.2, 0.25) is 5.91 Å². The third-order valence-electron chi connectivity index (χ3n) is 1.60. The van der Waals surface area contributed by atoms with Gasteiger partial charge in [-0.15, -0.1) is 0 Å². The smallest absolute Gasteiger partial charge is 0.357 e. The zero-order valence-electron chi connectivity index (χ0n) is 8.06. The summed E-state index contributed by atoms with van der Waals surface area (Å²) in [6.07, 6.45) is 1.13. The van der Waals surface area contributed by atoms with Gasteiger partial charge in [0.1, 0.15) is 6.26 Å². The lowest BCUT2D eigenvalue weighted by Crippen LogP contribution is -2.24. The highest BCUT2D eigenvalue weighted by Gasteiger charge is 2.12. The standard InChI is InChI=1S/C8H11N3O4/c1-4(2-6(9)12)10-8-11-5(3-15-8)7(13)14/h3-4H,2H2,1H3,(H2,9,12)(H,10,11)(H,13,14). The van der Waals surface area contributed by atoms with Crippen LogP contribution >= 0.6 is 0 Å². The van der Waals surface area contributed by atoms with Crippen molar-refractivity contribution < 1.29 is 19.1 Å². The second-order valence-corrected chi connectivity index (χ2v) is 3.06. The number of carboxylic acids is 1. The third kappa shape index (κ3) is 3.29. The number of hydrogen-bond donors (Lipinski definition) is 3. The van der Waals surface area contributed by atoms with Crippen LogP contribution in [-0.2, 0) is 4.79 Å². The molecule has 1 amide bonds. The maximum absolute atomic E-state index is 10.6. The van der Waals surface area contributed by atoms with E-state index in [2.05, 4.69) is 10.3 Å². The van der Waals surface area contributed by atoms with Crippen LogP contribution in [0.1, 0.15) is 23.8 Å². The van der Waals surface area contributed by atoms with Gasteiger partial charge in [-0.1, -0.05) is 0 Å². The fourth-order valence-electron chi connectivity index (χ4n) is 1.00. The van der Waals surface area contributed by atoms with Gasteiger partial charge in [0.15, 0.2) is 5.69 Å². The van der Waals surface area contributed by atoms with Crippen molar-refractivity contribution in [2.45, 2.75) is 19.4 Å². The topological polar surface area (TPSA) is 118 Å². The summed E-state index contributed by atoms with van der Waals surface area (Å²) in [4.78, 5) is 24.6. The van der Waals surface area contributed by atoms with E-state index in [4.69, 9.17) is 15.3 Å². The molecular weight excluding hydrogens is 202 g/mol. The van der Waals surface area contributed by atoms with E-state index < -0.39 is 11.9 Å². The second kappa shape index (κ2) is 4.45. The van der Waals surface area contributed by atoms with Gasteiger partial charge in [-0.25, -0.2) is 4.79 Å². The molecule has 1 heterocycles.